The van der Waals surface area contributed by atoms with Gasteiger partial charge in [-0.05, 0) is 55.8 Å². The van der Waals surface area contributed by atoms with E-state index in [1.807, 2.05) is 12.1 Å². The van der Waals surface area contributed by atoms with Gasteiger partial charge in [0.1, 0.15) is 5.82 Å². The molecule has 30 heavy (non-hydrogen) atoms. The van der Waals surface area contributed by atoms with Gasteiger partial charge in [0.15, 0.2) is 0 Å². The Bertz CT molecular complexity index is 855. The van der Waals surface area contributed by atoms with Gasteiger partial charge in [0, 0.05) is 51.1 Å². The van der Waals surface area contributed by atoms with Gasteiger partial charge in [-0.25, -0.2) is 4.39 Å². The van der Waals surface area contributed by atoms with Crippen LogP contribution >= 0.6 is 46.6 Å². The van der Waals surface area contributed by atoms with E-state index < -0.39 is 0 Å². The summed E-state index contributed by atoms with van der Waals surface area (Å²) >= 11 is 19.8. The zero-order valence-corrected chi connectivity index (χ0v) is 19.6. The average molecular weight is 490 g/mol. The largest absolute Gasteiger partial charge is 0.355 e. The third kappa shape index (κ3) is 6.76. The quantitative estimate of drug-likeness (QED) is 0.458. The van der Waals surface area contributed by atoms with Crippen LogP contribution in [0.4, 0.5) is 4.39 Å². The van der Waals surface area contributed by atoms with Gasteiger partial charge in [-0.2, -0.15) is 11.8 Å². The Hall–Kier alpha value is -0.980. The molecule has 162 valence electrons. The molecule has 1 fully saturated rings. The van der Waals surface area contributed by atoms with E-state index in [0.29, 0.717) is 38.7 Å². The summed E-state index contributed by atoms with van der Waals surface area (Å²) in [5.74, 6) is 1.06. The molecule has 0 atom stereocenters. The highest BCUT2D eigenvalue weighted by Gasteiger charge is 2.25. The lowest BCUT2D eigenvalue weighted by Gasteiger charge is -2.31. The molecule has 0 spiro atoms. The second-order valence-corrected chi connectivity index (χ2v) is 9.69. The number of hydrogen-bond acceptors (Lipinski definition) is 3. The summed E-state index contributed by atoms with van der Waals surface area (Å²) in [6, 6.07) is 10.3. The van der Waals surface area contributed by atoms with E-state index in [1.165, 1.54) is 6.07 Å². The molecule has 1 heterocycles. The number of thioether (sulfide) groups is 1. The highest BCUT2D eigenvalue weighted by Crippen LogP contribution is 2.26. The number of halogens is 4. The van der Waals surface area contributed by atoms with Crippen LogP contribution in [0.1, 0.15) is 24.0 Å². The zero-order valence-electron chi connectivity index (χ0n) is 16.5. The summed E-state index contributed by atoms with van der Waals surface area (Å²) in [5, 5.41) is 4.76. The van der Waals surface area contributed by atoms with Gasteiger partial charge in [-0.1, -0.05) is 46.9 Å². The fourth-order valence-corrected chi connectivity index (χ4v) is 5.14. The van der Waals surface area contributed by atoms with E-state index in [0.717, 1.165) is 38.0 Å². The van der Waals surface area contributed by atoms with Crippen molar-refractivity contribution in [2.75, 3.05) is 25.4 Å². The van der Waals surface area contributed by atoms with Crippen molar-refractivity contribution in [2.45, 2.75) is 25.1 Å². The number of benzene rings is 2. The van der Waals surface area contributed by atoms with Crippen molar-refractivity contribution < 1.29 is 9.18 Å². The first kappa shape index (κ1) is 23.7. The summed E-state index contributed by atoms with van der Waals surface area (Å²) in [6.07, 6.45) is 1.66. The van der Waals surface area contributed by atoms with Gasteiger partial charge in [0.25, 0.3) is 0 Å². The van der Waals surface area contributed by atoms with Gasteiger partial charge in [0.05, 0.1) is 0 Å². The predicted octanol–water partition coefficient (Wildman–Crippen LogP) is 6.05. The van der Waals surface area contributed by atoms with Gasteiger partial charge < -0.3 is 5.32 Å². The minimum atomic E-state index is -0.286. The summed E-state index contributed by atoms with van der Waals surface area (Å²) < 4.78 is 13.8. The number of carbonyl (C=O) groups excluding carboxylic acids is 1. The van der Waals surface area contributed by atoms with Crippen molar-refractivity contribution in [3.63, 3.8) is 0 Å². The van der Waals surface area contributed by atoms with Crippen molar-refractivity contribution in [3.05, 3.63) is 68.4 Å². The summed E-state index contributed by atoms with van der Waals surface area (Å²) in [5.41, 5.74) is 1.57. The lowest BCUT2D eigenvalue weighted by Crippen LogP contribution is -2.40. The summed E-state index contributed by atoms with van der Waals surface area (Å²) in [4.78, 5) is 14.8. The molecule has 0 unspecified atom stereocenters. The van der Waals surface area contributed by atoms with Crippen LogP contribution in [0.2, 0.25) is 15.1 Å². The number of carbonyl (C=O) groups is 1. The number of hydrogen-bond donors (Lipinski definition) is 1. The number of piperidine rings is 1. The molecule has 2 aromatic rings. The minimum Gasteiger partial charge on any atom is -0.355 e. The Labute approximate surface area is 196 Å². The maximum absolute atomic E-state index is 13.8. The third-order valence-corrected chi connectivity index (χ3v) is 7.15. The fourth-order valence-electron chi connectivity index (χ4n) is 3.48. The lowest BCUT2D eigenvalue weighted by molar-refractivity contribution is -0.126. The van der Waals surface area contributed by atoms with Gasteiger partial charge in [-0.15, -0.1) is 0 Å². The molecule has 8 heteroatoms. The molecule has 1 amide bonds. The molecule has 1 aliphatic rings. The molecule has 3 rings (SSSR count). The topological polar surface area (TPSA) is 32.3 Å². The zero-order chi connectivity index (χ0) is 21.5. The van der Waals surface area contributed by atoms with Crippen LogP contribution in [-0.2, 0) is 17.1 Å². The molecule has 1 aliphatic heterocycles. The molecular weight excluding hydrogens is 466 g/mol. The Morgan fingerprint density at radius 2 is 1.90 bits per heavy atom. The highest BCUT2D eigenvalue weighted by molar-refractivity contribution is 7.98. The highest BCUT2D eigenvalue weighted by atomic mass is 35.5. The number of nitrogens with one attached hydrogen (secondary N) is 1. The molecule has 2 aromatic carbocycles. The molecule has 3 nitrogen and oxygen atoms in total. The first-order chi connectivity index (χ1) is 14.4. The lowest BCUT2D eigenvalue weighted by atomic mass is 9.95. The van der Waals surface area contributed by atoms with E-state index in [9.17, 15) is 9.18 Å². The monoisotopic (exact) mass is 488 g/mol. The first-order valence-corrected chi connectivity index (χ1v) is 12.2. The van der Waals surface area contributed by atoms with Gasteiger partial charge >= 0.3 is 0 Å². The normalized spacial score (nSPS) is 15.3. The van der Waals surface area contributed by atoms with E-state index in [-0.39, 0.29) is 17.6 Å². The van der Waals surface area contributed by atoms with Crippen LogP contribution in [0.15, 0.2) is 36.4 Å². The Morgan fingerprint density at radius 3 is 2.60 bits per heavy atom. The number of likely N-dealkylation sites (tertiary alicyclic amines) is 1. The minimum absolute atomic E-state index is 0.0351. The van der Waals surface area contributed by atoms with E-state index in [1.54, 1.807) is 30.0 Å². The standard InChI is InChI=1S/C22H24Cl3FN2OS/c23-17-5-4-16(20(25)12-17)13-28-9-6-15(7-10-28)22(29)27-8-11-30-14-18-19(24)2-1-3-21(18)26/h1-5,12,15H,6-11,13-14H2,(H,27,29). The number of amides is 1. The van der Waals surface area contributed by atoms with Gasteiger partial charge in [0.2, 0.25) is 5.91 Å². The Kier molecular flexibility index (Phi) is 9.14. The van der Waals surface area contributed by atoms with Crippen LogP contribution < -0.4 is 5.32 Å². The maximum Gasteiger partial charge on any atom is 0.223 e. The Morgan fingerprint density at radius 1 is 1.13 bits per heavy atom. The van der Waals surface area contributed by atoms with Crippen molar-refractivity contribution in [1.82, 2.24) is 10.2 Å². The molecule has 0 bridgehead atoms. The van der Waals surface area contributed by atoms with E-state index in [2.05, 4.69) is 10.2 Å². The van der Waals surface area contributed by atoms with Crippen molar-refractivity contribution >= 4 is 52.5 Å². The van der Waals surface area contributed by atoms with Crippen molar-refractivity contribution in [1.29, 1.82) is 0 Å². The first-order valence-electron chi connectivity index (χ1n) is 9.88. The van der Waals surface area contributed by atoms with Crippen LogP contribution in [0.25, 0.3) is 0 Å². The molecule has 0 aromatic heterocycles. The second-order valence-electron chi connectivity index (χ2n) is 7.33. The summed E-state index contributed by atoms with van der Waals surface area (Å²) in [7, 11) is 0. The SMILES string of the molecule is O=C(NCCSCc1c(F)cccc1Cl)C1CCN(Cc2ccc(Cl)cc2Cl)CC1. The molecule has 0 saturated carbocycles. The summed E-state index contributed by atoms with van der Waals surface area (Å²) in [6.45, 7) is 3.05. The van der Waals surface area contributed by atoms with Crippen molar-refractivity contribution in [3.8, 4) is 0 Å². The number of nitrogens with zero attached hydrogens (tertiary/aromatic N) is 1. The average Bonchev–Trinajstić information content (AvgIpc) is 2.72. The van der Waals surface area contributed by atoms with Crippen LogP contribution in [0.5, 0.6) is 0 Å². The molecule has 1 saturated heterocycles. The van der Waals surface area contributed by atoms with Crippen molar-refractivity contribution in [2.24, 2.45) is 5.92 Å². The molecule has 0 radical (unpaired) electrons. The predicted molar refractivity (Wildman–Crippen MR) is 125 cm³/mol. The smallest absolute Gasteiger partial charge is 0.223 e. The molecule has 0 aliphatic carbocycles. The number of rotatable bonds is 8. The maximum atomic E-state index is 13.8. The van der Waals surface area contributed by atoms with Crippen LogP contribution in [0.3, 0.4) is 0 Å². The van der Waals surface area contributed by atoms with Crippen LogP contribution in [0, 0.1) is 11.7 Å². The van der Waals surface area contributed by atoms with E-state index in [4.69, 9.17) is 34.8 Å². The third-order valence-electron chi connectivity index (χ3n) is 5.22. The fraction of sp³-hybridized carbons (Fsp3) is 0.409. The van der Waals surface area contributed by atoms with Crippen LogP contribution in [-0.4, -0.2) is 36.2 Å². The Balaban J connectivity index is 1.34. The molecule has 1 N–H and O–H groups in total. The van der Waals surface area contributed by atoms with E-state index >= 15 is 0 Å². The second kappa shape index (κ2) is 11.6. The molecular formula is C22H24Cl3FN2OS. The van der Waals surface area contributed by atoms with Gasteiger partial charge in [-0.3, -0.25) is 9.69 Å².